The third kappa shape index (κ3) is 5.38. The van der Waals surface area contributed by atoms with E-state index in [1.807, 2.05) is 6.07 Å². The fraction of sp³-hybridized carbons (Fsp3) is 0.241. The van der Waals surface area contributed by atoms with Crippen molar-refractivity contribution in [1.82, 2.24) is 4.98 Å². The fourth-order valence-electron chi connectivity index (χ4n) is 4.08. The number of amides is 1. The number of ketones is 1. The highest BCUT2D eigenvalue weighted by Crippen LogP contribution is 2.44. The highest BCUT2D eigenvalue weighted by Gasteiger charge is 2.48. The van der Waals surface area contributed by atoms with E-state index in [1.165, 1.54) is 11.0 Å². The molecular weight excluding hydrogens is 504 g/mol. The molecule has 1 unspecified atom stereocenters. The van der Waals surface area contributed by atoms with Crippen molar-refractivity contribution in [2.45, 2.75) is 32.7 Å². The Morgan fingerprint density at radius 2 is 1.95 bits per heavy atom. The summed E-state index contributed by atoms with van der Waals surface area (Å²) in [4.78, 5) is 45.1. The molecule has 2 aromatic carbocycles. The van der Waals surface area contributed by atoms with Gasteiger partial charge < -0.3 is 14.6 Å². The van der Waals surface area contributed by atoms with Gasteiger partial charge in [0.1, 0.15) is 23.0 Å². The van der Waals surface area contributed by atoms with Crippen LogP contribution in [0.15, 0.2) is 72.8 Å². The number of carbonyl (C=O) groups excluding carboxylic acids is 3. The van der Waals surface area contributed by atoms with Crippen LogP contribution in [0.4, 0.5) is 5.13 Å². The van der Waals surface area contributed by atoms with Gasteiger partial charge >= 0.3 is 11.9 Å². The maximum Gasteiger partial charge on any atom is 0.350 e. The number of aryl methyl sites for hydroxylation is 1. The second-order valence-electron chi connectivity index (χ2n) is 8.61. The number of carbonyl (C=O) groups is 3. The van der Waals surface area contributed by atoms with Crippen molar-refractivity contribution in [1.29, 1.82) is 0 Å². The van der Waals surface area contributed by atoms with Crippen LogP contribution in [0.3, 0.4) is 0 Å². The van der Waals surface area contributed by atoms with E-state index in [0.717, 1.165) is 24.2 Å². The first-order valence-corrected chi connectivity index (χ1v) is 13.0. The van der Waals surface area contributed by atoms with Crippen LogP contribution in [0.5, 0.6) is 5.75 Å². The summed E-state index contributed by atoms with van der Waals surface area (Å²) in [6.45, 7) is 7.78. The molecule has 0 bridgehead atoms. The first-order chi connectivity index (χ1) is 18.4. The molecule has 1 aliphatic rings. The molecule has 0 saturated carbocycles. The molecule has 1 fully saturated rings. The van der Waals surface area contributed by atoms with Crippen LogP contribution in [0.1, 0.15) is 52.3 Å². The topological polar surface area (TPSA) is 106 Å². The molecule has 9 heteroatoms. The first-order valence-electron chi connectivity index (χ1n) is 12.2. The average Bonchev–Trinajstić information content (AvgIpc) is 3.44. The number of Topliss-reactive ketones (excluding diaryl/α,β-unsaturated/α-hetero) is 1. The van der Waals surface area contributed by atoms with Crippen molar-refractivity contribution in [2.75, 3.05) is 18.1 Å². The quantitative estimate of drug-likeness (QED) is 0.0905. The summed E-state index contributed by atoms with van der Waals surface area (Å²) in [5.41, 5.74) is 1.24. The number of unbranched alkanes of at least 4 members (excludes halogenated alkanes) is 1. The number of esters is 1. The van der Waals surface area contributed by atoms with Gasteiger partial charge in [0, 0.05) is 5.56 Å². The van der Waals surface area contributed by atoms with Gasteiger partial charge in [0.05, 0.1) is 23.9 Å². The third-order valence-corrected chi connectivity index (χ3v) is 7.08. The molecule has 38 heavy (non-hydrogen) atoms. The lowest BCUT2D eigenvalue weighted by Crippen LogP contribution is -2.29. The average molecular weight is 533 g/mol. The van der Waals surface area contributed by atoms with E-state index in [4.69, 9.17) is 9.47 Å². The van der Waals surface area contributed by atoms with Crippen molar-refractivity contribution in [2.24, 2.45) is 0 Å². The molecule has 0 spiro atoms. The third-order valence-electron chi connectivity index (χ3n) is 5.94. The molecule has 1 aliphatic heterocycles. The number of aliphatic hydroxyl groups excluding tert-OH is 1. The van der Waals surface area contributed by atoms with Crippen LogP contribution < -0.4 is 9.64 Å². The molecule has 1 saturated heterocycles. The maximum atomic E-state index is 13.4. The van der Waals surface area contributed by atoms with Crippen LogP contribution in [-0.4, -0.2) is 41.0 Å². The lowest BCUT2D eigenvalue weighted by atomic mass is 9.95. The van der Waals surface area contributed by atoms with Crippen LogP contribution in [-0.2, 0) is 14.3 Å². The number of aliphatic hydroxyl groups is 1. The minimum atomic E-state index is -0.955. The number of thiazole rings is 1. The Labute approximate surface area is 224 Å². The summed E-state index contributed by atoms with van der Waals surface area (Å²) in [5, 5.41) is 11.5. The van der Waals surface area contributed by atoms with Crippen LogP contribution in [0.2, 0.25) is 0 Å². The van der Waals surface area contributed by atoms with Gasteiger partial charge in [-0.1, -0.05) is 79.8 Å². The maximum absolute atomic E-state index is 13.4. The van der Waals surface area contributed by atoms with Crippen molar-refractivity contribution in [3.63, 3.8) is 0 Å². The van der Waals surface area contributed by atoms with Crippen molar-refractivity contribution in [3.8, 4) is 5.75 Å². The minimum absolute atomic E-state index is 0.0290. The summed E-state index contributed by atoms with van der Waals surface area (Å²) in [5.74, 6) is -2.07. The minimum Gasteiger partial charge on any atom is -0.507 e. The number of rotatable bonds is 10. The van der Waals surface area contributed by atoms with Crippen molar-refractivity contribution < 1.29 is 29.0 Å². The van der Waals surface area contributed by atoms with Gasteiger partial charge in [-0.05, 0) is 31.0 Å². The first kappa shape index (κ1) is 26.8. The van der Waals surface area contributed by atoms with Crippen LogP contribution in [0.25, 0.3) is 5.76 Å². The molecule has 4 rings (SSSR count). The molecular formula is C29H28N2O6S. The smallest absolute Gasteiger partial charge is 0.350 e. The molecule has 1 amide bonds. The monoisotopic (exact) mass is 532 g/mol. The predicted molar refractivity (Wildman–Crippen MR) is 145 cm³/mol. The summed E-state index contributed by atoms with van der Waals surface area (Å²) in [6.07, 6.45) is 3.31. The summed E-state index contributed by atoms with van der Waals surface area (Å²) >= 11 is 0.951. The van der Waals surface area contributed by atoms with Gasteiger partial charge in [-0.2, -0.15) is 0 Å². The number of nitrogens with zero attached hydrogens (tertiary/aromatic N) is 2. The fourth-order valence-corrected chi connectivity index (χ4v) is 5.07. The molecule has 1 atom stereocenters. The molecule has 1 aromatic heterocycles. The van der Waals surface area contributed by atoms with Gasteiger partial charge in [-0.15, -0.1) is 0 Å². The number of benzene rings is 2. The lowest BCUT2D eigenvalue weighted by molar-refractivity contribution is -0.132. The lowest BCUT2D eigenvalue weighted by Gasteiger charge is -2.23. The second kappa shape index (κ2) is 11.9. The number of aromatic nitrogens is 1. The SMILES string of the molecule is C=CCOC(=O)c1sc(N2C(=O)C(=O)C(=C(O)c3cccc(OCCCC)c3)C2c2ccccc2)nc1C. The van der Waals surface area contributed by atoms with Crippen molar-refractivity contribution in [3.05, 3.63) is 94.5 Å². The Kier molecular flexibility index (Phi) is 8.38. The molecule has 8 nitrogen and oxygen atoms in total. The normalized spacial score (nSPS) is 16.5. The summed E-state index contributed by atoms with van der Waals surface area (Å²) in [6, 6.07) is 14.7. The molecule has 0 aliphatic carbocycles. The number of hydrogen-bond donors (Lipinski definition) is 1. The zero-order chi connectivity index (χ0) is 27.2. The number of anilines is 1. The number of hydrogen-bond acceptors (Lipinski definition) is 8. The Balaban J connectivity index is 1.81. The molecule has 0 radical (unpaired) electrons. The molecule has 2 heterocycles. The molecule has 3 aromatic rings. The van der Waals surface area contributed by atoms with Gasteiger partial charge in [0.25, 0.3) is 5.78 Å². The van der Waals surface area contributed by atoms with Crippen LogP contribution in [0, 0.1) is 6.92 Å². The van der Waals surface area contributed by atoms with Gasteiger partial charge in [-0.3, -0.25) is 14.5 Å². The predicted octanol–water partition coefficient (Wildman–Crippen LogP) is 5.60. The molecule has 196 valence electrons. The van der Waals surface area contributed by atoms with Gasteiger partial charge in [-0.25, -0.2) is 9.78 Å². The van der Waals surface area contributed by atoms with E-state index in [0.29, 0.717) is 29.2 Å². The summed E-state index contributed by atoms with van der Waals surface area (Å²) in [7, 11) is 0. The van der Waals surface area contributed by atoms with E-state index >= 15 is 0 Å². The van der Waals surface area contributed by atoms with Crippen molar-refractivity contribution >= 4 is 39.9 Å². The summed E-state index contributed by atoms with van der Waals surface area (Å²) < 4.78 is 10.9. The van der Waals surface area contributed by atoms with E-state index in [2.05, 4.69) is 18.5 Å². The van der Waals surface area contributed by atoms with Crippen LogP contribution >= 0.6 is 11.3 Å². The van der Waals surface area contributed by atoms with Gasteiger partial charge in [0.15, 0.2) is 5.13 Å². The molecule has 1 N–H and O–H groups in total. The van der Waals surface area contributed by atoms with E-state index in [-0.39, 0.29) is 27.9 Å². The highest BCUT2D eigenvalue weighted by molar-refractivity contribution is 7.17. The standard InChI is InChI=1S/C29H28N2O6S/c1-4-6-16-36-21-14-10-13-20(17-21)24(32)22-23(19-11-8-7-9-12-19)31(27(34)25(22)33)29-30-18(3)26(38-29)28(35)37-15-5-2/h5,7-14,17,23,32H,2,4,6,15-16H2,1,3H3. The Hall–Kier alpha value is -4.24. The Bertz CT molecular complexity index is 1400. The van der Waals surface area contributed by atoms with E-state index < -0.39 is 23.7 Å². The largest absolute Gasteiger partial charge is 0.507 e. The van der Waals surface area contributed by atoms with Gasteiger partial charge in [0.2, 0.25) is 0 Å². The number of ether oxygens (including phenoxy) is 2. The highest BCUT2D eigenvalue weighted by atomic mass is 32.1. The van der Waals surface area contributed by atoms with E-state index in [1.54, 1.807) is 55.5 Å². The zero-order valence-electron chi connectivity index (χ0n) is 21.2. The van der Waals surface area contributed by atoms with E-state index in [9.17, 15) is 19.5 Å². The zero-order valence-corrected chi connectivity index (χ0v) is 22.0. The Morgan fingerprint density at radius 1 is 1.18 bits per heavy atom. The second-order valence-corrected chi connectivity index (χ2v) is 9.59. The Morgan fingerprint density at radius 3 is 2.66 bits per heavy atom.